The third kappa shape index (κ3) is 2.83. The molecule has 4 atom stereocenters. The molecule has 1 amide bonds. The summed E-state index contributed by atoms with van der Waals surface area (Å²) in [5.74, 6) is 2.88. The Hall–Kier alpha value is -0.280. The lowest BCUT2D eigenvalue weighted by Crippen LogP contribution is -2.46. The summed E-state index contributed by atoms with van der Waals surface area (Å²) in [6.45, 7) is 1.73. The zero-order valence-electron chi connectivity index (χ0n) is 11.0. The normalized spacial score (nSPS) is 38.6. The van der Waals surface area contributed by atoms with Gasteiger partial charge >= 0.3 is 0 Å². The van der Waals surface area contributed by atoms with Gasteiger partial charge in [-0.2, -0.15) is 0 Å². The molecule has 2 bridgehead atoms. The molecule has 3 nitrogen and oxygen atoms in total. The number of likely N-dealkylation sites (tertiary alicyclic amines) is 1. The second-order valence-corrected chi connectivity index (χ2v) is 6.38. The van der Waals surface area contributed by atoms with Gasteiger partial charge in [0, 0.05) is 25.6 Å². The third-order valence-electron chi connectivity index (χ3n) is 5.13. The second kappa shape index (κ2) is 5.79. The molecule has 0 aromatic carbocycles. The number of hydrogen-bond acceptors (Lipinski definition) is 2. The number of nitrogens with two attached hydrogens (primary N) is 1. The van der Waals surface area contributed by atoms with Crippen molar-refractivity contribution in [2.24, 2.45) is 23.5 Å². The van der Waals surface area contributed by atoms with E-state index in [9.17, 15) is 4.79 Å². The summed E-state index contributed by atoms with van der Waals surface area (Å²) in [7, 11) is 0. The van der Waals surface area contributed by atoms with Crippen molar-refractivity contribution in [2.75, 3.05) is 13.1 Å². The van der Waals surface area contributed by atoms with E-state index in [2.05, 4.69) is 0 Å². The van der Waals surface area contributed by atoms with Crippen LogP contribution in [0, 0.1) is 17.8 Å². The lowest BCUT2D eigenvalue weighted by molar-refractivity contribution is -0.133. The van der Waals surface area contributed by atoms with Crippen molar-refractivity contribution in [1.29, 1.82) is 0 Å². The Balaban J connectivity index is 0.00000120. The third-order valence-corrected chi connectivity index (χ3v) is 5.13. The topological polar surface area (TPSA) is 46.3 Å². The lowest BCUT2D eigenvalue weighted by Gasteiger charge is -2.32. The number of piperidine rings is 1. The van der Waals surface area contributed by atoms with Crippen LogP contribution in [0.15, 0.2) is 0 Å². The van der Waals surface area contributed by atoms with E-state index in [0.29, 0.717) is 11.8 Å². The Morgan fingerprint density at radius 3 is 2.67 bits per heavy atom. The Morgan fingerprint density at radius 1 is 1.22 bits per heavy atom. The maximum atomic E-state index is 12.2. The molecule has 3 fully saturated rings. The van der Waals surface area contributed by atoms with Crippen LogP contribution in [0.25, 0.3) is 0 Å². The van der Waals surface area contributed by atoms with Crippen molar-refractivity contribution in [3.05, 3.63) is 0 Å². The van der Waals surface area contributed by atoms with Gasteiger partial charge in [-0.05, 0) is 49.9 Å². The van der Waals surface area contributed by atoms with Gasteiger partial charge < -0.3 is 10.6 Å². The average Bonchev–Trinajstić information content (AvgIpc) is 2.91. The minimum atomic E-state index is 0. The highest BCUT2D eigenvalue weighted by molar-refractivity contribution is 5.85. The number of nitrogens with zero attached hydrogens (tertiary/aromatic N) is 1. The molecule has 3 unspecified atom stereocenters. The van der Waals surface area contributed by atoms with Gasteiger partial charge in [0.15, 0.2) is 0 Å². The quantitative estimate of drug-likeness (QED) is 0.838. The standard InChI is InChI=1S/C14H24N2O.ClH/c15-13-2-1-5-16(9-13)14(17)8-12-7-10-3-4-11(12)6-10;/h10-13H,1-9,15H2;1H/t10?,11?,12?,13-;/m1./s1. The second-order valence-electron chi connectivity index (χ2n) is 6.38. The Kier molecular flexibility index (Phi) is 4.54. The molecule has 0 spiro atoms. The largest absolute Gasteiger partial charge is 0.341 e. The maximum Gasteiger partial charge on any atom is 0.222 e. The molecule has 1 saturated heterocycles. The predicted octanol–water partition coefficient (Wildman–Crippen LogP) is 2.18. The van der Waals surface area contributed by atoms with Gasteiger partial charge in [0.1, 0.15) is 0 Å². The zero-order chi connectivity index (χ0) is 11.8. The molecule has 3 rings (SSSR count). The fourth-order valence-corrected chi connectivity index (χ4v) is 4.22. The van der Waals surface area contributed by atoms with E-state index >= 15 is 0 Å². The Morgan fingerprint density at radius 2 is 2.06 bits per heavy atom. The molecule has 1 heterocycles. The smallest absolute Gasteiger partial charge is 0.222 e. The summed E-state index contributed by atoms with van der Waals surface area (Å²) in [5, 5.41) is 0. The first kappa shape index (κ1) is 14.1. The van der Waals surface area contributed by atoms with E-state index in [0.717, 1.165) is 44.2 Å². The van der Waals surface area contributed by atoms with Gasteiger partial charge in [0.05, 0.1) is 0 Å². The van der Waals surface area contributed by atoms with Crippen LogP contribution in [0.2, 0.25) is 0 Å². The number of carbonyl (C=O) groups is 1. The number of carbonyl (C=O) groups excluding carboxylic acids is 1. The molecule has 0 aromatic heterocycles. The first-order chi connectivity index (χ1) is 8.22. The minimum absolute atomic E-state index is 0. The highest BCUT2D eigenvalue weighted by Crippen LogP contribution is 2.49. The van der Waals surface area contributed by atoms with E-state index in [1.165, 1.54) is 25.7 Å². The van der Waals surface area contributed by atoms with E-state index < -0.39 is 0 Å². The van der Waals surface area contributed by atoms with Gasteiger partial charge in [-0.3, -0.25) is 4.79 Å². The van der Waals surface area contributed by atoms with Crippen LogP contribution in [0.3, 0.4) is 0 Å². The van der Waals surface area contributed by atoms with Gasteiger partial charge in [-0.15, -0.1) is 12.4 Å². The highest BCUT2D eigenvalue weighted by Gasteiger charge is 2.40. The molecule has 1 aliphatic heterocycles. The summed E-state index contributed by atoms with van der Waals surface area (Å²) < 4.78 is 0. The van der Waals surface area contributed by atoms with Crippen LogP contribution in [0.5, 0.6) is 0 Å². The number of hydrogen-bond donors (Lipinski definition) is 1. The fraction of sp³-hybridized carbons (Fsp3) is 0.929. The Labute approximate surface area is 116 Å². The van der Waals surface area contributed by atoms with Gasteiger partial charge in [-0.1, -0.05) is 6.42 Å². The number of fused-ring (bicyclic) bond motifs is 2. The van der Waals surface area contributed by atoms with Gasteiger partial charge in [0.25, 0.3) is 0 Å². The molecule has 2 N–H and O–H groups in total. The SMILES string of the molecule is Cl.N[C@@H]1CCCN(C(=O)CC2CC3CCC2C3)C1. The molecule has 4 heteroatoms. The molecule has 2 saturated carbocycles. The van der Waals surface area contributed by atoms with Crippen molar-refractivity contribution >= 4 is 18.3 Å². The molecule has 0 aromatic rings. The number of rotatable bonds is 2. The molecule has 3 aliphatic rings. The Bertz CT molecular complexity index is 310. The van der Waals surface area contributed by atoms with Crippen molar-refractivity contribution in [3.63, 3.8) is 0 Å². The summed E-state index contributed by atoms with van der Waals surface area (Å²) in [4.78, 5) is 14.3. The molecule has 18 heavy (non-hydrogen) atoms. The van der Waals surface area contributed by atoms with Crippen LogP contribution in [0.4, 0.5) is 0 Å². The molecular formula is C14H25ClN2O. The predicted molar refractivity (Wildman–Crippen MR) is 74.6 cm³/mol. The number of halogens is 1. The summed E-state index contributed by atoms with van der Waals surface area (Å²) in [5.41, 5.74) is 5.94. The van der Waals surface area contributed by atoms with Crippen molar-refractivity contribution in [3.8, 4) is 0 Å². The monoisotopic (exact) mass is 272 g/mol. The fourth-order valence-electron chi connectivity index (χ4n) is 4.22. The molecule has 0 radical (unpaired) electrons. The van der Waals surface area contributed by atoms with E-state index in [1.54, 1.807) is 0 Å². The van der Waals surface area contributed by atoms with Crippen molar-refractivity contribution in [2.45, 2.75) is 51.0 Å². The van der Waals surface area contributed by atoms with Gasteiger partial charge in [0.2, 0.25) is 5.91 Å². The summed E-state index contributed by atoms with van der Waals surface area (Å²) in [6, 6.07) is 0.215. The van der Waals surface area contributed by atoms with E-state index in [1.807, 2.05) is 4.90 Å². The van der Waals surface area contributed by atoms with Crippen molar-refractivity contribution < 1.29 is 4.79 Å². The highest BCUT2D eigenvalue weighted by atomic mass is 35.5. The molecule has 104 valence electrons. The van der Waals surface area contributed by atoms with E-state index in [-0.39, 0.29) is 18.4 Å². The number of amides is 1. The summed E-state index contributed by atoms with van der Waals surface area (Å²) >= 11 is 0. The zero-order valence-corrected chi connectivity index (χ0v) is 11.8. The first-order valence-corrected chi connectivity index (χ1v) is 7.25. The van der Waals surface area contributed by atoms with Crippen LogP contribution >= 0.6 is 12.4 Å². The average molecular weight is 273 g/mol. The first-order valence-electron chi connectivity index (χ1n) is 7.25. The minimum Gasteiger partial charge on any atom is -0.341 e. The van der Waals surface area contributed by atoms with Crippen LogP contribution < -0.4 is 5.73 Å². The van der Waals surface area contributed by atoms with Crippen LogP contribution in [0.1, 0.15) is 44.9 Å². The molecule has 2 aliphatic carbocycles. The van der Waals surface area contributed by atoms with Gasteiger partial charge in [-0.25, -0.2) is 0 Å². The maximum absolute atomic E-state index is 12.2. The van der Waals surface area contributed by atoms with Crippen LogP contribution in [-0.2, 0) is 4.79 Å². The van der Waals surface area contributed by atoms with Crippen molar-refractivity contribution in [1.82, 2.24) is 4.90 Å². The molecular weight excluding hydrogens is 248 g/mol. The lowest BCUT2D eigenvalue weighted by atomic mass is 9.86. The van der Waals surface area contributed by atoms with Crippen LogP contribution in [-0.4, -0.2) is 29.9 Å². The van der Waals surface area contributed by atoms with E-state index in [4.69, 9.17) is 5.73 Å². The summed E-state index contributed by atoms with van der Waals surface area (Å²) in [6.07, 6.45) is 8.48.